The molecule has 0 radical (unpaired) electrons. The summed E-state index contributed by atoms with van der Waals surface area (Å²) >= 11 is 0. The Morgan fingerprint density at radius 1 is 0.974 bits per heavy atom. The maximum Gasteiger partial charge on any atom is 0.417 e. The van der Waals surface area contributed by atoms with Crippen LogP contribution in [0.25, 0.3) is 10.9 Å². The first-order valence-electron chi connectivity index (χ1n) is 13.5. The van der Waals surface area contributed by atoms with Crippen LogP contribution < -0.4 is 9.80 Å². The van der Waals surface area contributed by atoms with E-state index in [0.29, 0.717) is 24.4 Å². The molecule has 9 heteroatoms. The summed E-state index contributed by atoms with van der Waals surface area (Å²) < 4.78 is 48.8. The minimum absolute atomic E-state index is 0.343. The van der Waals surface area contributed by atoms with E-state index in [2.05, 4.69) is 19.8 Å². The van der Waals surface area contributed by atoms with Crippen LogP contribution in [0.5, 0.6) is 0 Å². The second kappa shape index (κ2) is 10.4. The highest BCUT2D eigenvalue weighted by Gasteiger charge is 2.56. The number of benzene rings is 1. The number of alkyl halides is 3. The third-order valence-corrected chi connectivity index (χ3v) is 7.98. The zero-order chi connectivity index (χ0) is 27.0. The number of morpholine rings is 1. The lowest BCUT2D eigenvalue weighted by Gasteiger charge is -2.38. The highest BCUT2D eigenvalue weighted by Crippen LogP contribution is 2.43. The number of H-pyrrole nitrogens is 1. The Morgan fingerprint density at radius 3 is 2.42 bits per heavy atom. The zero-order valence-corrected chi connectivity index (χ0v) is 22.2. The van der Waals surface area contributed by atoms with Gasteiger partial charge in [-0.25, -0.2) is 4.98 Å². The van der Waals surface area contributed by atoms with Gasteiger partial charge in [-0.1, -0.05) is 26.0 Å². The van der Waals surface area contributed by atoms with Gasteiger partial charge >= 0.3 is 6.18 Å². The molecule has 2 aliphatic rings. The Bertz CT molecular complexity index is 1250. The Hall–Kier alpha value is -2.78. The van der Waals surface area contributed by atoms with Gasteiger partial charge < -0.3 is 24.6 Å². The molecule has 0 aliphatic carbocycles. The topological polar surface area (TPSA) is 64.6 Å². The summed E-state index contributed by atoms with van der Waals surface area (Å²) in [7, 11) is 0. The lowest BCUT2D eigenvalue weighted by molar-refractivity contribution is -0.266. The van der Waals surface area contributed by atoms with Crippen molar-refractivity contribution in [1.82, 2.24) is 9.97 Å². The van der Waals surface area contributed by atoms with Crippen molar-refractivity contribution in [2.75, 3.05) is 49.2 Å². The lowest BCUT2D eigenvalue weighted by atomic mass is 9.73. The van der Waals surface area contributed by atoms with Crippen molar-refractivity contribution in [3.05, 3.63) is 53.9 Å². The van der Waals surface area contributed by atoms with E-state index < -0.39 is 30.0 Å². The average molecular weight is 531 g/mol. The number of aromatic amines is 1. The average Bonchev–Trinajstić information content (AvgIpc) is 3.30. The molecule has 2 N–H and O–H groups in total. The number of pyridine rings is 1. The number of anilines is 2. The number of halogens is 3. The molecule has 2 aliphatic heterocycles. The Balaban J connectivity index is 1.38. The van der Waals surface area contributed by atoms with Crippen molar-refractivity contribution in [2.45, 2.75) is 63.1 Å². The molecule has 2 aromatic heterocycles. The normalized spacial score (nSPS) is 19.1. The van der Waals surface area contributed by atoms with Gasteiger partial charge in [0, 0.05) is 49.4 Å². The maximum atomic E-state index is 14.5. The summed E-state index contributed by atoms with van der Waals surface area (Å²) in [5.74, 6) is 0.843. The number of ether oxygens (including phenoxy) is 1. The molecule has 5 rings (SSSR count). The molecule has 0 bridgehead atoms. The lowest BCUT2D eigenvalue weighted by Crippen LogP contribution is -2.50. The van der Waals surface area contributed by atoms with E-state index in [1.807, 2.05) is 30.3 Å². The largest absolute Gasteiger partial charge is 0.417 e. The Labute approximate surface area is 221 Å². The van der Waals surface area contributed by atoms with Crippen LogP contribution in [0.4, 0.5) is 24.7 Å². The second-order valence-electron chi connectivity index (χ2n) is 11.4. The van der Waals surface area contributed by atoms with Crippen LogP contribution in [0.1, 0.15) is 50.8 Å². The first-order valence-corrected chi connectivity index (χ1v) is 13.5. The Kier molecular flexibility index (Phi) is 7.35. The van der Waals surface area contributed by atoms with E-state index in [0.717, 1.165) is 61.5 Å². The summed E-state index contributed by atoms with van der Waals surface area (Å²) in [4.78, 5) is 12.0. The molecular formula is C29H37F3N4O2. The third-order valence-electron chi connectivity index (χ3n) is 7.98. The molecule has 0 saturated carbocycles. The molecule has 2 saturated heterocycles. The number of rotatable bonds is 7. The van der Waals surface area contributed by atoms with Gasteiger partial charge in [0.15, 0.2) is 5.60 Å². The molecule has 0 spiro atoms. The number of nitrogens with zero attached hydrogens (tertiary/aromatic N) is 3. The van der Waals surface area contributed by atoms with Gasteiger partial charge in [0.1, 0.15) is 5.82 Å². The van der Waals surface area contributed by atoms with Gasteiger partial charge in [0.25, 0.3) is 0 Å². The third kappa shape index (κ3) is 5.64. The van der Waals surface area contributed by atoms with Crippen molar-refractivity contribution in [3.63, 3.8) is 0 Å². The van der Waals surface area contributed by atoms with Crippen LogP contribution in [-0.2, 0) is 16.6 Å². The summed E-state index contributed by atoms with van der Waals surface area (Å²) in [6.07, 6.45) is -0.725. The van der Waals surface area contributed by atoms with Crippen molar-refractivity contribution in [2.24, 2.45) is 0 Å². The zero-order valence-electron chi connectivity index (χ0n) is 22.2. The van der Waals surface area contributed by atoms with E-state index in [1.165, 1.54) is 6.42 Å². The van der Waals surface area contributed by atoms with Gasteiger partial charge in [-0.05, 0) is 60.9 Å². The predicted octanol–water partition coefficient (Wildman–Crippen LogP) is 5.59. The standard InChI is InChI=1S/C29H37F3N4O2/c1-27(2,22-7-6-8-24(17-22)35-11-13-38-14-12-35)20-28(37,29(30,31)32)18-23-15-21-16-26(33-19-25(21)34-23)36-9-4-3-5-10-36/h6-8,15-17,19,34,37H,3-5,9-14,18,20H2,1-2H3. The molecule has 1 aromatic carbocycles. The van der Waals surface area contributed by atoms with Crippen molar-refractivity contribution in [3.8, 4) is 0 Å². The molecule has 1 unspecified atom stereocenters. The van der Waals surface area contributed by atoms with E-state index in [9.17, 15) is 18.3 Å². The fourth-order valence-electron chi connectivity index (χ4n) is 5.83. The summed E-state index contributed by atoms with van der Waals surface area (Å²) in [6, 6.07) is 11.3. The highest BCUT2D eigenvalue weighted by molar-refractivity contribution is 5.82. The van der Waals surface area contributed by atoms with E-state index in [1.54, 1.807) is 26.1 Å². The van der Waals surface area contributed by atoms with Crippen LogP contribution in [0, 0.1) is 0 Å². The fourth-order valence-corrected chi connectivity index (χ4v) is 5.83. The predicted molar refractivity (Wildman–Crippen MR) is 144 cm³/mol. The first-order chi connectivity index (χ1) is 18.0. The van der Waals surface area contributed by atoms with Gasteiger partial charge in [-0.3, -0.25) is 0 Å². The van der Waals surface area contributed by atoms with Crippen molar-refractivity contribution in [1.29, 1.82) is 0 Å². The molecule has 3 aromatic rings. The van der Waals surface area contributed by atoms with Crippen LogP contribution in [0.15, 0.2) is 42.6 Å². The summed E-state index contributed by atoms with van der Waals surface area (Å²) in [6.45, 7) is 8.14. The second-order valence-corrected chi connectivity index (χ2v) is 11.4. The van der Waals surface area contributed by atoms with E-state index in [4.69, 9.17) is 4.74 Å². The summed E-state index contributed by atoms with van der Waals surface area (Å²) in [5, 5.41) is 12.0. The van der Waals surface area contributed by atoms with Crippen LogP contribution in [0.3, 0.4) is 0 Å². The van der Waals surface area contributed by atoms with Gasteiger partial charge in [0.05, 0.1) is 24.9 Å². The quantitative estimate of drug-likeness (QED) is 0.417. The van der Waals surface area contributed by atoms with Crippen LogP contribution >= 0.6 is 0 Å². The minimum atomic E-state index is -4.80. The SMILES string of the molecule is CC(C)(CC(O)(Cc1cc2cc(N3CCCCC3)ncc2[nH]1)C(F)(F)F)c1cccc(N2CCOCC2)c1. The molecule has 4 heterocycles. The fraction of sp³-hybridized carbons (Fsp3) is 0.552. The first kappa shape index (κ1) is 26.8. The number of aromatic nitrogens is 2. The molecule has 6 nitrogen and oxygen atoms in total. The maximum absolute atomic E-state index is 14.5. The molecule has 1 atom stereocenters. The summed E-state index contributed by atoms with van der Waals surface area (Å²) in [5.41, 5.74) is -1.10. The van der Waals surface area contributed by atoms with Crippen molar-refractivity contribution >= 4 is 22.4 Å². The highest BCUT2D eigenvalue weighted by atomic mass is 19.4. The molecule has 206 valence electrons. The van der Waals surface area contributed by atoms with E-state index in [-0.39, 0.29) is 0 Å². The monoisotopic (exact) mass is 530 g/mol. The number of nitrogens with one attached hydrogen (secondary N) is 1. The van der Waals surface area contributed by atoms with Gasteiger partial charge in [0.2, 0.25) is 0 Å². The number of aliphatic hydroxyl groups is 1. The smallest absolute Gasteiger partial charge is 0.380 e. The molecule has 2 fully saturated rings. The number of fused-ring (bicyclic) bond motifs is 1. The Morgan fingerprint density at radius 2 is 1.71 bits per heavy atom. The molecule has 0 amide bonds. The van der Waals surface area contributed by atoms with Gasteiger partial charge in [-0.2, -0.15) is 13.2 Å². The van der Waals surface area contributed by atoms with E-state index >= 15 is 0 Å². The molecular weight excluding hydrogens is 493 g/mol. The van der Waals surface area contributed by atoms with Gasteiger partial charge in [-0.15, -0.1) is 0 Å². The minimum Gasteiger partial charge on any atom is -0.380 e. The number of hydrogen-bond donors (Lipinski definition) is 2. The van der Waals surface area contributed by atoms with Crippen LogP contribution in [-0.4, -0.2) is 66.2 Å². The van der Waals surface area contributed by atoms with Crippen LogP contribution in [0.2, 0.25) is 0 Å². The number of hydrogen-bond acceptors (Lipinski definition) is 5. The number of piperidine rings is 1. The molecule has 38 heavy (non-hydrogen) atoms. The van der Waals surface area contributed by atoms with Crippen molar-refractivity contribution < 1.29 is 23.0 Å².